The van der Waals surface area contributed by atoms with E-state index in [9.17, 15) is 19.2 Å². The quantitative estimate of drug-likeness (QED) is 0.391. The number of Topliss-reactive ketones (excluding diaryl/α,β-unsaturated/α-hetero) is 1. The summed E-state index contributed by atoms with van der Waals surface area (Å²) < 4.78 is 15.0. The number of aromatic amines is 1. The molecule has 1 aromatic heterocycles. The monoisotopic (exact) mass is 401 g/mol. The fourth-order valence-electron chi connectivity index (χ4n) is 2.85. The van der Waals surface area contributed by atoms with Crippen LogP contribution >= 0.6 is 0 Å². The molecule has 2 aromatic rings. The van der Waals surface area contributed by atoms with Gasteiger partial charge in [-0.2, -0.15) is 0 Å². The van der Waals surface area contributed by atoms with E-state index >= 15 is 0 Å². The van der Waals surface area contributed by atoms with Crippen molar-refractivity contribution in [3.8, 4) is 0 Å². The maximum Gasteiger partial charge on any atom is 0.355 e. The minimum absolute atomic E-state index is 0.0272. The average Bonchev–Trinajstić information content (AvgIpc) is 3.08. The normalized spacial score (nSPS) is 10.3. The first-order valence-electron chi connectivity index (χ1n) is 8.99. The van der Waals surface area contributed by atoms with Crippen LogP contribution in [0.3, 0.4) is 0 Å². The van der Waals surface area contributed by atoms with Crippen LogP contribution in [0.15, 0.2) is 30.3 Å². The Labute approximate surface area is 168 Å². The van der Waals surface area contributed by atoms with Crippen molar-refractivity contribution in [1.82, 2.24) is 4.98 Å². The fourth-order valence-corrected chi connectivity index (χ4v) is 2.85. The van der Waals surface area contributed by atoms with Crippen LogP contribution in [0, 0.1) is 0 Å². The number of carbonyl (C=O) groups excluding carboxylic acids is 4. The van der Waals surface area contributed by atoms with E-state index in [-0.39, 0.29) is 48.8 Å². The lowest BCUT2D eigenvalue weighted by Gasteiger charge is -2.07. The molecule has 0 spiro atoms. The number of hydrogen-bond acceptors (Lipinski definition) is 7. The molecule has 0 saturated heterocycles. The largest absolute Gasteiger partial charge is 0.469 e. The van der Waals surface area contributed by atoms with Gasteiger partial charge in [-0.1, -0.05) is 30.3 Å². The molecular weight excluding hydrogens is 378 g/mol. The van der Waals surface area contributed by atoms with Gasteiger partial charge < -0.3 is 19.2 Å². The number of methoxy groups -OCH3 is 1. The zero-order chi connectivity index (χ0) is 21.4. The highest BCUT2D eigenvalue weighted by molar-refractivity contribution is 6.01. The van der Waals surface area contributed by atoms with Crippen LogP contribution in [-0.2, 0) is 43.4 Å². The summed E-state index contributed by atoms with van der Waals surface area (Å²) in [4.78, 5) is 50.5. The summed E-state index contributed by atoms with van der Waals surface area (Å²) >= 11 is 0. The first kappa shape index (κ1) is 21.9. The molecule has 0 atom stereocenters. The minimum atomic E-state index is -0.676. The Balaban J connectivity index is 2.34. The molecule has 8 heteroatoms. The lowest BCUT2D eigenvalue weighted by atomic mass is 10.0. The molecular formula is C21H23NO7. The molecule has 0 aliphatic carbocycles. The summed E-state index contributed by atoms with van der Waals surface area (Å²) in [5.74, 6) is -2.01. The first-order valence-corrected chi connectivity index (χ1v) is 8.99. The highest BCUT2D eigenvalue weighted by Gasteiger charge is 2.26. The van der Waals surface area contributed by atoms with Crippen molar-refractivity contribution >= 4 is 23.7 Å². The Bertz CT molecular complexity index is 899. The van der Waals surface area contributed by atoms with E-state index in [1.807, 2.05) is 30.3 Å². The smallest absolute Gasteiger partial charge is 0.355 e. The van der Waals surface area contributed by atoms with Crippen LogP contribution in [0.25, 0.3) is 0 Å². The van der Waals surface area contributed by atoms with Gasteiger partial charge >= 0.3 is 17.9 Å². The van der Waals surface area contributed by atoms with Gasteiger partial charge in [-0.3, -0.25) is 14.4 Å². The van der Waals surface area contributed by atoms with Gasteiger partial charge in [-0.05, 0) is 24.5 Å². The molecule has 0 amide bonds. The number of esters is 3. The zero-order valence-corrected chi connectivity index (χ0v) is 16.6. The third-order valence-electron chi connectivity index (χ3n) is 4.18. The van der Waals surface area contributed by atoms with Gasteiger partial charge in [0.2, 0.25) is 0 Å². The average molecular weight is 401 g/mol. The maximum atomic E-state index is 12.7. The first-order chi connectivity index (χ1) is 13.8. The molecule has 0 saturated carbocycles. The molecule has 1 aromatic carbocycles. The second-order valence-electron chi connectivity index (χ2n) is 6.31. The summed E-state index contributed by atoms with van der Waals surface area (Å²) in [5, 5.41) is 0. The summed E-state index contributed by atoms with van der Waals surface area (Å²) in [5.41, 5.74) is 1.68. The standard InChI is InChI=1S/C21H23NO7/c1-13(23)19-16(9-10-18(25)27-3)20(22-17(19)12-28-14(2)24)21(26)29-11-15-7-5-4-6-8-15/h4-8,22H,9-12H2,1-3H3. The molecule has 154 valence electrons. The fraction of sp³-hybridized carbons (Fsp3) is 0.333. The van der Waals surface area contributed by atoms with Crippen LogP contribution in [0.5, 0.6) is 0 Å². The summed E-state index contributed by atoms with van der Waals surface area (Å²) in [6.07, 6.45) is 0.0640. The predicted molar refractivity (Wildman–Crippen MR) is 102 cm³/mol. The molecule has 1 heterocycles. The number of ketones is 1. The Kier molecular flexibility index (Phi) is 7.70. The number of nitrogens with one attached hydrogen (secondary N) is 1. The molecule has 0 radical (unpaired) electrons. The van der Waals surface area contributed by atoms with Gasteiger partial charge in [-0.15, -0.1) is 0 Å². The molecule has 0 fully saturated rings. The van der Waals surface area contributed by atoms with Crippen molar-refractivity contribution in [2.75, 3.05) is 7.11 Å². The van der Waals surface area contributed by atoms with E-state index in [1.54, 1.807) is 0 Å². The Hall–Kier alpha value is -3.42. The third-order valence-corrected chi connectivity index (χ3v) is 4.18. The van der Waals surface area contributed by atoms with Crippen molar-refractivity contribution in [3.63, 3.8) is 0 Å². The van der Waals surface area contributed by atoms with Crippen LogP contribution in [-0.4, -0.2) is 35.8 Å². The van der Waals surface area contributed by atoms with Crippen LogP contribution < -0.4 is 0 Å². The van der Waals surface area contributed by atoms with Crippen LogP contribution in [0.1, 0.15) is 57.9 Å². The molecule has 29 heavy (non-hydrogen) atoms. The Morgan fingerprint density at radius 1 is 0.966 bits per heavy atom. The summed E-state index contributed by atoms with van der Waals surface area (Å²) in [6.45, 7) is 2.41. The second kappa shape index (κ2) is 10.2. The van der Waals surface area contributed by atoms with Crippen molar-refractivity contribution in [2.24, 2.45) is 0 Å². The SMILES string of the molecule is COC(=O)CCc1c(C(=O)OCc2ccccc2)[nH]c(COC(C)=O)c1C(C)=O. The molecule has 0 aliphatic heterocycles. The van der Waals surface area contributed by atoms with E-state index in [2.05, 4.69) is 9.72 Å². The number of carbonyl (C=O) groups is 4. The van der Waals surface area contributed by atoms with Gasteiger partial charge in [0.25, 0.3) is 0 Å². The van der Waals surface area contributed by atoms with Gasteiger partial charge in [-0.25, -0.2) is 4.79 Å². The van der Waals surface area contributed by atoms with Gasteiger partial charge in [0, 0.05) is 18.9 Å². The van der Waals surface area contributed by atoms with E-state index < -0.39 is 17.9 Å². The van der Waals surface area contributed by atoms with E-state index in [0.717, 1.165) is 5.56 Å². The van der Waals surface area contributed by atoms with E-state index in [0.29, 0.717) is 5.56 Å². The Morgan fingerprint density at radius 3 is 2.24 bits per heavy atom. The zero-order valence-electron chi connectivity index (χ0n) is 16.6. The molecule has 8 nitrogen and oxygen atoms in total. The van der Waals surface area contributed by atoms with Gasteiger partial charge in [0.05, 0.1) is 12.8 Å². The number of H-pyrrole nitrogens is 1. The predicted octanol–water partition coefficient (Wildman–Crippen LogP) is 2.74. The summed E-state index contributed by atoms with van der Waals surface area (Å²) in [7, 11) is 1.26. The third kappa shape index (κ3) is 6.03. The van der Waals surface area contributed by atoms with Crippen LogP contribution in [0.2, 0.25) is 0 Å². The maximum absolute atomic E-state index is 12.7. The number of rotatable bonds is 9. The highest BCUT2D eigenvalue weighted by atomic mass is 16.5. The molecule has 0 unspecified atom stereocenters. The van der Waals surface area contributed by atoms with Crippen molar-refractivity contribution in [2.45, 2.75) is 39.9 Å². The van der Waals surface area contributed by atoms with Gasteiger partial charge in [0.15, 0.2) is 5.78 Å². The van der Waals surface area contributed by atoms with Crippen molar-refractivity contribution < 1.29 is 33.4 Å². The molecule has 2 rings (SSSR count). The second-order valence-corrected chi connectivity index (χ2v) is 6.31. The molecule has 0 aliphatic rings. The van der Waals surface area contributed by atoms with Crippen molar-refractivity contribution in [3.05, 3.63) is 58.4 Å². The number of hydrogen-bond donors (Lipinski definition) is 1. The number of benzene rings is 1. The highest BCUT2D eigenvalue weighted by Crippen LogP contribution is 2.24. The van der Waals surface area contributed by atoms with Gasteiger partial charge in [0.1, 0.15) is 18.9 Å². The topological polar surface area (TPSA) is 112 Å². The number of ether oxygens (including phenoxy) is 3. The Morgan fingerprint density at radius 2 is 1.66 bits per heavy atom. The van der Waals surface area contributed by atoms with E-state index in [4.69, 9.17) is 9.47 Å². The van der Waals surface area contributed by atoms with Crippen molar-refractivity contribution in [1.29, 1.82) is 0 Å². The molecule has 0 bridgehead atoms. The number of aromatic nitrogens is 1. The van der Waals surface area contributed by atoms with Crippen LogP contribution in [0.4, 0.5) is 0 Å². The minimum Gasteiger partial charge on any atom is -0.469 e. The lowest BCUT2D eigenvalue weighted by molar-refractivity contribution is -0.142. The lowest BCUT2D eigenvalue weighted by Crippen LogP contribution is -2.11. The summed E-state index contributed by atoms with van der Waals surface area (Å²) in [6, 6.07) is 9.12. The van der Waals surface area contributed by atoms with E-state index in [1.165, 1.54) is 21.0 Å². The molecule has 1 N–H and O–H groups in total.